The molecule has 0 saturated carbocycles. The second-order valence-electron chi connectivity index (χ2n) is 3.99. The first kappa shape index (κ1) is 16.0. The molecule has 1 aromatic carbocycles. The van der Waals surface area contributed by atoms with E-state index in [-0.39, 0.29) is 12.6 Å². The van der Waals surface area contributed by atoms with E-state index in [1.807, 2.05) is 25.1 Å². The van der Waals surface area contributed by atoms with Gasteiger partial charge in [-0.1, -0.05) is 18.2 Å². The Labute approximate surface area is 119 Å². The van der Waals surface area contributed by atoms with Crippen LogP contribution in [0.5, 0.6) is 5.75 Å². The number of hydrogen-bond acceptors (Lipinski definition) is 4. The summed E-state index contributed by atoms with van der Waals surface area (Å²) in [6.45, 7) is 4.36. The molecule has 20 heavy (non-hydrogen) atoms. The van der Waals surface area contributed by atoms with E-state index in [4.69, 9.17) is 9.47 Å². The van der Waals surface area contributed by atoms with Gasteiger partial charge in [-0.25, -0.2) is 4.79 Å². The number of carbonyl (C=O) groups is 1. The average molecular weight is 276 g/mol. The maximum absolute atomic E-state index is 11.2. The van der Waals surface area contributed by atoms with E-state index in [0.717, 1.165) is 5.56 Å². The van der Waals surface area contributed by atoms with Crippen molar-refractivity contribution in [1.29, 1.82) is 0 Å². The molecule has 0 radical (unpaired) electrons. The molecule has 0 saturated heterocycles. The molecule has 4 nitrogen and oxygen atoms in total. The summed E-state index contributed by atoms with van der Waals surface area (Å²) in [6.07, 6.45) is 6.79. The van der Waals surface area contributed by atoms with Crippen LogP contribution in [0.25, 0.3) is 6.08 Å². The van der Waals surface area contributed by atoms with Gasteiger partial charge in [0.15, 0.2) is 0 Å². The molecule has 4 heteroatoms. The first-order chi connectivity index (χ1) is 9.71. The summed E-state index contributed by atoms with van der Waals surface area (Å²) in [5.41, 5.74) is 1.49. The van der Waals surface area contributed by atoms with Gasteiger partial charge in [0, 0.05) is 11.6 Å². The van der Waals surface area contributed by atoms with Gasteiger partial charge in [0.1, 0.15) is 12.4 Å². The van der Waals surface area contributed by atoms with Crippen molar-refractivity contribution < 1.29 is 19.4 Å². The third-order valence-corrected chi connectivity index (χ3v) is 2.52. The van der Waals surface area contributed by atoms with Crippen molar-refractivity contribution in [3.63, 3.8) is 0 Å². The maximum Gasteiger partial charge on any atom is 0.330 e. The number of benzene rings is 1. The topological polar surface area (TPSA) is 55.8 Å². The monoisotopic (exact) mass is 276 g/mol. The second-order valence-corrected chi connectivity index (χ2v) is 3.99. The summed E-state index contributed by atoms with van der Waals surface area (Å²) in [6, 6.07) is 5.38. The Morgan fingerprint density at radius 3 is 2.85 bits per heavy atom. The first-order valence-electron chi connectivity index (χ1n) is 6.53. The molecule has 0 aliphatic carbocycles. The number of carbonyl (C=O) groups excluding carboxylic acids is 1. The summed E-state index contributed by atoms with van der Waals surface area (Å²) in [5.74, 6) is 0.255. The van der Waals surface area contributed by atoms with Crippen molar-refractivity contribution in [1.82, 2.24) is 0 Å². The Bertz CT molecular complexity index is 489. The van der Waals surface area contributed by atoms with Gasteiger partial charge in [-0.05, 0) is 37.6 Å². The van der Waals surface area contributed by atoms with Crippen LogP contribution in [0.2, 0.25) is 0 Å². The summed E-state index contributed by atoms with van der Waals surface area (Å²) in [7, 11) is 0. The molecular formula is C16H20O4. The lowest BCUT2D eigenvalue weighted by atomic mass is 10.1. The molecule has 0 spiro atoms. The molecule has 1 N–H and O–H groups in total. The van der Waals surface area contributed by atoms with Crippen molar-refractivity contribution in [3.8, 4) is 5.75 Å². The minimum absolute atomic E-state index is 0.119. The van der Waals surface area contributed by atoms with Gasteiger partial charge in [0.25, 0.3) is 0 Å². The van der Waals surface area contributed by atoms with Gasteiger partial charge in [-0.2, -0.15) is 0 Å². The molecule has 0 heterocycles. The van der Waals surface area contributed by atoms with E-state index < -0.39 is 0 Å². The zero-order valence-electron chi connectivity index (χ0n) is 11.8. The fraction of sp³-hybridized carbons (Fsp3) is 0.312. The van der Waals surface area contributed by atoms with Gasteiger partial charge in [-0.15, -0.1) is 0 Å². The number of hydrogen-bond donors (Lipinski definition) is 1. The highest BCUT2D eigenvalue weighted by atomic mass is 16.5. The molecule has 0 aromatic heterocycles. The molecule has 0 aliphatic rings. The molecule has 0 aliphatic heterocycles. The van der Waals surface area contributed by atoms with Gasteiger partial charge >= 0.3 is 5.97 Å². The largest absolute Gasteiger partial charge is 0.489 e. The quantitative estimate of drug-likeness (QED) is 0.472. The lowest BCUT2D eigenvalue weighted by molar-refractivity contribution is -0.137. The predicted octanol–water partition coefficient (Wildman–Crippen LogP) is 2.71. The number of allylic oxidation sites excluding steroid dienone is 1. The van der Waals surface area contributed by atoms with Crippen molar-refractivity contribution in [2.24, 2.45) is 0 Å². The van der Waals surface area contributed by atoms with E-state index in [9.17, 15) is 9.90 Å². The summed E-state index contributed by atoms with van der Waals surface area (Å²) in [4.78, 5) is 11.2. The zero-order valence-corrected chi connectivity index (χ0v) is 11.8. The third kappa shape index (κ3) is 5.28. The van der Waals surface area contributed by atoms with Crippen LogP contribution >= 0.6 is 0 Å². The van der Waals surface area contributed by atoms with Crippen LogP contribution in [0.3, 0.4) is 0 Å². The second kappa shape index (κ2) is 8.93. The molecule has 1 rings (SSSR count). The molecule has 0 fully saturated rings. The number of aliphatic hydroxyl groups excluding tert-OH is 1. The lowest BCUT2D eigenvalue weighted by Gasteiger charge is -2.09. The van der Waals surface area contributed by atoms with Crippen LogP contribution in [0.4, 0.5) is 0 Å². The highest BCUT2D eigenvalue weighted by Crippen LogP contribution is 2.21. The number of aliphatic hydroxyl groups is 1. The lowest BCUT2D eigenvalue weighted by Crippen LogP contribution is -1.99. The highest BCUT2D eigenvalue weighted by molar-refractivity contribution is 5.87. The Morgan fingerprint density at radius 2 is 2.20 bits per heavy atom. The van der Waals surface area contributed by atoms with Gasteiger partial charge in [-0.3, -0.25) is 0 Å². The molecular weight excluding hydrogens is 256 g/mol. The van der Waals surface area contributed by atoms with Gasteiger partial charge < -0.3 is 14.6 Å². The highest BCUT2D eigenvalue weighted by Gasteiger charge is 2.03. The third-order valence-electron chi connectivity index (χ3n) is 2.52. The molecule has 0 unspecified atom stereocenters. The van der Waals surface area contributed by atoms with Gasteiger partial charge in [0.2, 0.25) is 0 Å². The Morgan fingerprint density at radius 1 is 1.40 bits per heavy atom. The summed E-state index contributed by atoms with van der Waals surface area (Å²) >= 11 is 0. The Balaban J connectivity index is 2.78. The van der Waals surface area contributed by atoms with Crippen molar-refractivity contribution in [2.75, 3.05) is 13.2 Å². The number of esters is 1. The minimum Gasteiger partial charge on any atom is -0.489 e. The van der Waals surface area contributed by atoms with Crippen molar-refractivity contribution >= 4 is 12.0 Å². The fourth-order valence-electron chi connectivity index (χ4n) is 1.56. The Hall–Kier alpha value is -2.07. The normalized spacial score (nSPS) is 11.2. The summed E-state index contributed by atoms with van der Waals surface area (Å²) in [5, 5.41) is 9.35. The van der Waals surface area contributed by atoms with Crippen molar-refractivity contribution in [2.45, 2.75) is 20.5 Å². The summed E-state index contributed by atoms with van der Waals surface area (Å²) < 4.78 is 10.3. The standard InChI is InChI=1S/C16H20O4/c1-3-5-10-20-15-8-6-13(11-14(15)12-17)7-9-16(18)19-4-2/h3,5-9,11,17H,4,10,12H2,1-2H3/b5-3+,9-7+. The van der Waals surface area contributed by atoms with Crippen LogP contribution in [-0.4, -0.2) is 24.3 Å². The predicted molar refractivity (Wildman–Crippen MR) is 78.3 cm³/mol. The molecule has 0 bridgehead atoms. The minimum atomic E-state index is -0.383. The van der Waals surface area contributed by atoms with E-state index in [0.29, 0.717) is 24.5 Å². The van der Waals surface area contributed by atoms with E-state index in [1.54, 1.807) is 25.1 Å². The number of ether oxygens (including phenoxy) is 2. The van der Waals surface area contributed by atoms with E-state index in [1.165, 1.54) is 6.08 Å². The van der Waals surface area contributed by atoms with Gasteiger partial charge in [0.05, 0.1) is 13.2 Å². The van der Waals surface area contributed by atoms with Crippen LogP contribution in [-0.2, 0) is 16.1 Å². The maximum atomic E-state index is 11.2. The zero-order chi connectivity index (χ0) is 14.8. The SMILES string of the molecule is C/C=C/COc1ccc(/C=C/C(=O)OCC)cc1CO. The fourth-order valence-corrected chi connectivity index (χ4v) is 1.56. The van der Waals surface area contributed by atoms with Crippen LogP contribution < -0.4 is 4.74 Å². The Kier molecular flexibility index (Phi) is 7.14. The van der Waals surface area contributed by atoms with E-state index >= 15 is 0 Å². The van der Waals surface area contributed by atoms with E-state index in [2.05, 4.69) is 0 Å². The molecule has 1 aromatic rings. The molecule has 0 amide bonds. The van der Waals surface area contributed by atoms with Crippen LogP contribution in [0.1, 0.15) is 25.0 Å². The van der Waals surface area contributed by atoms with Crippen molar-refractivity contribution in [3.05, 3.63) is 47.6 Å². The first-order valence-corrected chi connectivity index (χ1v) is 6.53. The van der Waals surface area contributed by atoms with Crippen LogP contribution in [0.15, 0.2) is 36.4 Å². The average Bonchev–Trinajstić information content (AvgIpc) is 2.46. The molecule has 0 atom stereocenters. The number of rotatable bonds is 7. The smallest absolute Gasteiger partial charge is 0.330 e. The van der Waals surface area contributed by atoms with Crippen LogP contribution in [0, 0.1) is 0 Å². The molecule has 108 valence electrons.